The summed E-state index contributed by atoms with van der Waals surface area (Å²) < 4.78 is 16.9. The van der Waals surface area contributed by atoms with E-state index in [4.69, 9.17) is 11.6 Å². The normalized spacial score (nSPS) is 14.6. The number of nitrogens with zero attached hydrogens (tertiary/aromatic N) is 4. The molecule has 1 aromatic carbocycles. The van der Waals surface area contributed by atoms with Gasteiger partial charge >= 0.3 is 0 Å². The Bertz CT molecular complexity index is 1190. The van der Waals surface area contributed by atoms with E-state index in [2.05, 4.69) is 38.7 Å². The second-order valence-corrected chi connectivity index (χ2v) is 8.77. The van der Waals surface area contributed by atoms with Gasteiger partial charge in [-0.1, -0.05) is 24.8 Å². The fourth-order valence-electron chi connectivity index (χ4n) is 4.19. The summed E-state index contributed by atoms with van der Waals surface area (Å²) in [5, 5.41) is 15.1. The number of allylic oxidation sites excluding steroid dienone is 1. The molecule has 1 aliphatic heterocycles. The number of H-pyrrole nitrogens is 1. The van der Waals surface area contributed by atoms with Gasteiger partial charge in [0.2, 0.25) is 0 Å². The first-order valence-electron chi connectivity index (χ1n) is 10.9. The van der Waals surface area contributed by atoms with Crippen LogP contribution in [0.1, 0.15) is 36.6 Å². The fourth-order valence-corrected chi connectivity index (χ4v) is 4.55. The molecular formula is C25H28ClFN6. The van der Waals surface area contributed by atoms with Gasteiger partial charge in [0.25, 0.3) is 0 Å². The van der Waals surface area contributed by atoms with Crippen molar-refractivity contribution < 1.29 is 4.39 Å². The molecule has 2 aromatic heterocycles. The molecule has 8 heteroatoms. The zero-order chi connectivity index (χ0) is 23.5. The number of benzene rings is 1. The molecule has 1 aliphatic rings. The Morgan fingerprint density at radius 2 is 2.09 bits per heavy atom. The third-order valence-corrected chi connectivity index (χ3v) is 6.05. The number of aromatic amines is 1. The van der Waals surface area contributed by atoms with Gasteiger partial charge in [0.1, 0.15) is 11.5 Å². The Morgan fingerprint density at radius 1 is 1.33 bits per heavy atom. The third kappa shape index (κ3) is 5.10. The summed E-state index contributed by atoms with van der Waals surface area (Å²) in [5.74, 6) is -0.403. The maximum absolute atomic E-state index is 15.2. The summed E-state index contributed by atoms with van der Waals surface area (Å²) in [6.07, 6.45) is 9.58. The van der Waals surface area contributed by atoms with Crippen molar-refractivity contribution in [2.45, 2.75) is 19.8 Å². The van der Waals surface area contributed by atoms with Crippen LogP contribution in [0.2, 0.25) is 5.02 Å². The van der Waals surface area contributed by atoms with Gasteiger partial charge in [0, 0.05) is 47.9 Å². The molecule has 3 heterocycles. The molecule has 0 spiro atoms. The molecule has 1 fully saturated rings. The lowest BCUT2D eigenvalue weighted by Crippen LogP contribution is -2.24. The summed E-state index contributed by atoms with van der Waals surface area (Å²) in [6.45, 7) is 12.6. The third-order valence-electron chi connectivity index (χ3n) is 5.75. The minimum Gasteiger partial charge on any atom is -0.358 e. The van der Waals surface area contributed by atoms with Gasteiger partial charge in [0.05, 0.1) is 16.9 Å². The molecule has 33 heavy (non-hydrogen) atoms. The maximum atomic E-state index is 15.2. The van der Waals surface area contributed by atoms with E-state index in [1.165, 1.54) is 18.9 Å². The van der Waals surface area contributed by atoms with Crippen LogP contribution in [0.3, 0.4) is 0 Å². The number of anilines is 1. The quantitative estimate of drug-likeness (QED) is 0.438. The first-order chi connectivity index (χ1) is 15.9. The molecule has 0 radical (unpaired) electrons. The number of hydrogen-bond donors (Lipinski definition) is 2. The number of aromatic nitrogens is 4. The molecule has 0 saturated carbocycles. The van der Waals surface area contributed by atoms with Crippen LogP contribution in [0, 0.1) is 5.82 Å². The van der Waals surface area contributed by atoms with E-state index in [0.717, 1.165) is 42.2 Å². The monoisotopic (exact) mass is 466 g/mol. The Labute approximate surface area is 198 Å². The van der Waals surface area contributed by atoms with Gasteiger partial charge in [-0.2, -0.15) is 10.2 Å². The standard InChI is InChI=1S/C25H28ClFN6/c1-5-23-20(25(31-30-23)18-13-28-32(4)15-18)10-16(2)24-21(26)11-19(12-22(24)27)29-17(3)14-33-8-6-7-9-33/h5,10-13,15,29H,1,3,6-9,14H2,2,4H3,(H,30,31)/b16-10+. The lowest BCUT2D eigenvalue weighted by Gasteiger charge is -2.18. The lowest BCUT2D eigenvalue weighted by atomic mass is 10.0. The van der Waals surface area contributed by atoms with Gasteiger partial charge in [0.15, 0.2) is 0 Å². The van der Waals surface area contributed by atoms with Crippen LogP contribution in [-0.4, -0.2) is 44.5 Å². The van der Waals surface area contributed by atoms with Crippen LogP contribution in [0.25, 0.3) is 29.0 Å². The molecular weight excluding hydrogens is 439 g/mol. The van der Waals surface area contributed by atoms with E-state index in [0.29, 0.717) is 27.5 Å². The Balaban J connectivity index is 1.61. The van der Waals surface area contributed by atoms with Crippen LogP contribution >= 0.6 is 11.6 Å². The number of halogens is 2. The van der Waals surface area contributed by atoms with E-state index in [-0.39, 0.29) is 0 Å². The molecule has 0 amide bonds. The van der Waals surface area contributed by atoms with Gasteiger partial charge in [-0.3, -0.25) is 14.7 Å². The highest BCUT2D eigenvalue weighted by Gasteiger charge is 2.17. The van der Waals surface area contributed by atoms with Crippen LogP contribution in [-0.2, 0) is 7.05 Å². The van der Waals surface area contributed by atoms with Crippen molar-refractivity contribution in [1.82, 2.24) is 24.9 Å². The van der Waals surface area contributed by atoms with Gasteiger partial charge < -0.3 is 5.32 Å². The average Bonchev–Trinajstić information content (AvgIpc) is 3.49. The van der Waals surface area contributed by atoms with Crippen molar-refractivity contribution in [3.8, 4) is 11.3 Å². The largest absolute Gasteiger partial charge is 0.358 e. The molecule has 0 unspecified atom stereocenters. The highest BCUT2D eigenvalue weighted by atomic mass is 35.5. The predicted octanol–water partition coefficient (Wildman–Crippen LogP) is 5.83. The van der Waals surface area contributed by atoms with Gasteiger partial charge in [-0.15, -0.1) is 0 Å². The van der Waals surface area contributed by atoms with E-state index in [1.54, 1.807) is 23.0 Å². The molecule has 0 aliphatic carbocycles. The zero-order valence-corrected chi connectivity index (χ0v) is 19.7. The summed E-state index contributed by atoms with van der Waals surface area (Å²) in [6, 6.07) is 3.19. The van der Waals surface area contributed by atoms with Crippen molar-refractivity contribution in [1.29, 1.82) is 0 Å². The van der Waals surface area contributed by atoms with E-state index < -0.39 is 5.82 Å². The topological polar surface area (TPSA) is 61.8 Å². The number of aryl methyl sites for hydroxylation is 1. The summed E-state index contributed by atoms with van der Waals surface area (Å²) in [5.41, 5.74) is 5.53. The van der Waals surface area contributed by atoms with Crippen LogP contribution in [0.5, 0.6) is 0 Å². The minimum atomic E-state index is -0.403. The van der Waals surface area contributed by atoms with Crippen molar-refractivity contribution in [3.05, 3.63) is 71.0 Å². The second kappa shape index (κ2) is 9.77. The highest BCUT2D eigenvalue weighted by Crippen LogP contribution is 2.34. The van der Waals surface area contributed by atoms with Crippen molar-refractivity contribution >= 4 is 35.0 Å². The highest BCUT2D eigenvalue weighted by molar-refractivity contribution is 6.32. The summed E-state index contributed by atoms with van der Waals surface area (Å²) in [7, 11) is 1.84. The van der Waals surface area contributed by atoms with E-state index in [9.17, 15) is 0 Å². The smallest absolute Gasteiger partial charge is 0.134 e. The van der Waals surface area contributed by atoms with Gasteiger partial charge in [-0.05, 0) is 62.7 Å². The number of rotatable bonds is 8. The second-order valence-electron chi connectivity index (χ2n) is 8.36. The van der Waals surface area contributed by atoms with Crippen LogP contribution in [0.15, 0.2) is 43.4 Å². The van der Waals surface area contributed by atoms with Gasteiger partial charge in [-0.25, -0.2) is 4.39 Å². The van der Waals surface area contributed by atoms with Crippen molar-refractivity contribution in [2.24, 2.45) is 7.05 Å². The fraction of sp³-hybridized carbons (Fsp3) is 0.280. The Hall–Kier alpha value is -3.16. The van der Waals surface area contributed by atoms with Crippen molar-refractivity contribution in [2.75, 3.05) is 25.0 Å². The molecule has 1 saturated heterocycles. The minimum absolute atomic E-state index is 0.326. The number of nitrogens with one attached hydrogen (secondary N) is 2. The predicted molar refractivity (Wildman–Crippen MR) is 134 cm³/mol. The number of likely N-dealkylation sites (tertiary alicyclic amines) is 1. The molecule has 4 rings (SSSR count). The van der Waals surface area contributed by atoms with E-state index >= 15 is 4.39 Å². The molecule has 0 bridgehead atoms. The SMILES string of the molecule is C=Cc1[nH]nc(-c2cnn(C)c2)c1/C=C(\C)c1c(F)cc(NC(=C)CN2CCCC2)cc1Cl. The average molecular weight is 467 g/mol. The molecule has 0 atom stereocenters. The molecule has 6 nitrogen and oxygen atoms in total. The first kappa shape index (κ1) is 23.0. The first-order valence-corrected chi connectivity index (χ1v) is 11.3. The Kier molecular flexibility index (Phi) is 6.81. The Morgan fingerprint density at radius 3 is 2.73 bits per heavy atom. The van der Waals surface area contributed by atoms with Crippen LogP contribution < -0.4 is 5.32 Å². The molecule has 3 aromatic rings. The van der Waals surface area contributed by atoms with Crippen LogP contribution in [0.4, 0.5) is 10.1 Å². The van der Waals surface area contributed by atoms with Crippen molar-refractivity contribution in [3.63, 3.8) is 0 Å². The molecule has 172 valence electrons. The lowest BCUT2D eigenvalue weighted by molar-refractivity contribution is 0.370. The number of hydrogen-bond acceptors (Lipinski definition) is 4. The maximum Gasteiger partial charge on any atom is 0.134 e. The summed E-state index contributed by atoms with van der Waals surface area (Å²) >= 11 is 6.54. The summed E-state index contributed by atoms with van der Waals surface area (Å²) in [4.78, 5) is 2.33. The molecule has 2 N–H and O–H groups in total. The zero-order valence-electron chi connectivity index (χ0n) is 19.0. The van der Waals surface area contributed by atoms with E-state index in [1.807, 2.05) is 26.2 Å².